The number of nitrogens with one attached hydrogen (secondary N) is 1. The Morgan fingerprint density at radius 1 is 1.27 bits per heavy atom. The summed E-state index contributed by atoms with van der Waals surface area (Å²) in [4.78, 5) is 16.7. The minimum Gasteiger partial charge on any atom is -0.325 e. The summed E-state index contributed by atoms with van der Waals surface area (Å²) >= 11 is 1.32. The van der Waals surface area contributed by atoms with Gasteiger partial charge in [0.15, 0.2) is 5.16 Å². The number of aromatic nitrogens is 2. The predicted molar refractivity (Wildman–Crippen MR) is 110 cm³/mol. The molecule has 0 spiro atoms. The number of benzene rings is 2. The van der Waals surface area contributed by atoms with Crippen LogP contribution < -0.4 is 5.32 Å². The van der Waals surface area contributed by atoms with Crippen LogP contribution in [0.5, 0.6) is 0 Å². The molecule has 0 fully saturated rings. The minimum atomic E-state index is -4.42. The molecule has 0 bridgehead atoms. The van der Waals surface area contributed by atoms with Crippen molar-refractivity contribution in [1.82, 2.24) is 9.55 Å². The van der Waals surface area contributed by atoms with Crippen molar-refractivity contribution in [2.75, 3.05) is 11.1 Å². The summed E-state index contributed by atoms with van der Waals surface area (Å²) in [6.07, 6.45) is -3.51. The summed E-state index contributed by atoms with van der Waals surface area (Å²) in [5.41, 5.74) is 1.05. The Hall–Kier alpha value is -2.99. The predicted octanol–water partition coefficient (Wildman–Crippen LogP) is 5.46. The van der Waals surface area contributed by atoms with E-state index in [4.69, 9.17) is 5.26 Å². The average Bonchev–Trinajstić information content (AvgIpc) is 3.05. The number of aryl methyl sites for hydroxylation is 1. The van der Waals surface area contributed by atoms with E-state index in [0.717, 1.165) is 18.6 Å². The number of amides is 1. The lowest BCUT2D eigenvalue weighted by atomic mass is 10.2. The molecular weight excluding hydrogens is 413 g/mol. The van der Waals surface area contributed by atoms with Crippen molar-refractivity contribution < 1.29 is 18.0 Å². The van der Waals surface area contributed by atoms with Gasteiger partial charge in [0.25, 0.3) is 0 Å². The second-order valence-electron chi connectivity index (χ2n) is 6.55. The maximum Gasteiger partial charge on any atom is 0.416 e. The van der Waals surface area contributed by atoms with Crippen LogP contribution in [-0.4, -0.2) is 21.2 Å². The fourth-order valence-electron chi connectivity index (χ4n) is 2.96. The highest BCUT2D eigenvalue weighted by Gasteiger charge is 2.31. The molecular formula is C21H19F3N4OS. The van der Waals surface area contributed by atoms with Crippen molar-refractivity contribution in [2.24, 2.45) is 0 Å². The van der Waals surface area contributed by atoms with Crippen LogP contribution in [0.1, 0.15) is 30.9 Å². The highest BCUT2D eigenvalue weighted by molar-refractivity contribution is 7.99. The second-order valence-corrected chi connectivity index (χ2v) is 7.61. The van der Waals surface area contributed by atoms with E-state index in [1.807, 2.05) is 13.0 Å². The molecule has 156 valence electrons. The minimum absolute atomic E-state index is 0.174. The number of para-hydroxylation sites is 1. The van der Waals surface area contributed by atoms with E-state index >= 15 is 0 Å². The third kappa shape index (κ3) is 4.94. The summed E-state index contributed by atoms with van der Waals surface area (Å²) in [5.74, 6) is 0.155. The molecule has 0 aliphatic heterocycles. The number of carbonyl (C=O) groups excluding carboxylic acids is 1. The van der Waals surface area contributed by atoms with Crippen LogP contribution in [0.4, 0.5) is 18.9 Å². The van der Waals surface area contributed by atoms with Crippen LogP contribution in [-0.2, 0) is 17.5 Å². The van der Waals surface area contributed by atoms with Gasteiger partial charge in [0, 0.05) is 18.7 Å². The molecule has 2 aromatic carbocycles. The molecule has 5 nitrogen and oxygen atoms in total. The van der Waals surface area contributed by atoms with Gasteiger partial charge in [-0.3, -0.25) is 4.79 Å². The normalized spacial score (nSPS) is 11.4. The van der Waals surface area contributed by atoms with Gasteiger partial charge in [0.2, 0.25) is 5.91 Å². The number of hydrogen-bond donors (Lipinski definition) is 1. The monoisotopic (exact) mass is 432 g/mol. The first-order valence-electron chi connectivity index (χ1n) is 9.32. The van der Waals surface area contributed by atoms with Crippen molar-refractivity contribution in [2.45, 2.75) is 37.6 Å². The molecule has 0 saturated carbocycles. The molecule has 30 heavy (non-hydrogen) atoms. The Labute approximate surface area is 175 Å². The number of nitrogens with zero attached hydrogens (tertiary/aromatic N) is 3. The fraction of sp³-hybridized carbons (Fsp3) is 0.286. The van der Waals surface area contributed by atoms with Gasteiger partial charge in [0.05, 0.1) is 27.8 Å². The van der Waals surface area contributed by atoms with Gasteiger partial charge in [0.1, 0.15) is 6.07 Å². The van der Waals surface area contributed by atoms with E-state index in [1.54, 1.807) is 28.8 Å². The van der Waals surface area contributed by atoms with Gasteiger partial charge in [-0.05, 0) is 36.8 Å². The lowest BCUT2D eigenvalue weighted by molar-refractivity contribution is -0.137. The van der Waals surface area contributed by atoms with Gasteiger partial charge in [-0.1, -0.05) is 30.8 Å². The van der Waals surface area contributed by atoms with Crippen molar-refractivity contribution in [3.63, 3.8) is 0 Å². The maximum absolute atomic E-state index is 13.1. The number of hydrogen-bond acceptors (Lipinski definition) is 4. The zero-order valence-electron chi connectivity index (χ0n) is 16.2. The zero-order chi connectivity index (χ0) is 21.7. The van der Waals surface area contributed by atoms with Crippen LogP contribution in [0.2, 0.25) is 0 Å². The number of nitriles is 1. The van der Waals surface area contributed by atoms with Crippen LogP contribution in [0.3, 0.4) is 0 Å². The van der Waals surface area contributed by atoms with Crippen molar-refractivity contribution in [3.8, 4) is 6.07 Å². The number of fused-ring (bicyclic) bond motifs is 1. The molecule has 0 unspecified atom stereocenters. The quantitative estimate of drug-likeness (QED) is 0.504. The summed E-state index contributed by atoms with van der Waals surface area (Å²) in [5, 5.41) is 12.4. The molecule has 3 aromatic rings. The molecule has 1 amide bonds. The number of halogens is 3. The van der Waals surface area contributed by atoms with Crippen LogP contribution in [0, 0.1) is 11.3 Å². The molecule has 0 aliphatic carbocycles. The van der Waals surface area contributed by atoms with Gasteiger partial charge in [-0.25, -0.2) is 4.98 Å². The Morgan fingerprint density at radius 3 is 2.73 bits per heavy atom. The number of carbonyl (C=O) groups is 1. The third-order valence-electron chi connectivity index (χ3n) is 4.37. The van der Waals surface area contributed by atoms with E-state index < -0.39 is 11.7 Å². The van der Waals surface area contributed by atoms with Crippen molar-refractivity contribution in [1.29, 1.82) is 5.26 Å². The molecule has 9 heteroatoms. The number of thioether (sulfide) groups is 1. The smallest absolute Gasteiger partial charge is 0.325 e. The van der Waals surface area contributed by atoms with Gasteiger partial charge in [-0.2, -0.15) is 18.4 Å². The second kappa shape index (κ2) is 9.22. The molecule has 1 aromatic heterocycles. The number of alkyl halides is 3. The summed E-state index contributed by atoms with van der Waals surface area (Å²) in [6, 6.07) is 12.3. The van der Waals surface area contributed by atoms with E-state index in [2.05, 4.69) is 10.3 Å². The lowest BCUT2D eigenvalue weighted by Gasteiger charge is -2.10. The van der Waals surface area contributed by atoms with Crippen molar-refractivity contribution in [3.05, 3.63) is 53.6 Å². The van der Waals surface area contributed by atoms with Gasteiger partial charge in [-0.15, -0.1) is 0 Å². The molecule has 0 radical (unpaired) electrons. The topological polar surface area (TPSA) is 70.7 Å². The highest BCUT2D eigenvalue weighted by Crippen LogP contribution is 2.33. The average molecular weight is 432 g/mol. The maximum atomic E-state index is 13.1. The Bertz CT molecular complexity index is 1100. The summed E-state index contributed by atoms with van der Waals surface area (Å²) in [7, 11) is 0. The van der Waals surface area contributed by atoms with Gasteiger partial charge < -0.3 is 9.88 Å². The van der Waals surface area contributed by atoms with Crippen LogP contribution in [0.25, 0.3) is 11.0 Å². The number of imidazole rings is 1. The first-order chi connectivity index (χ1) is 14.3. The van der Waals surface area contributed by atoms with E-state index in [-0.39, 0.29) is 12.3 Å². The third-order valence-corrected chi connectivity index (χ3v) is 5.35. The van der Waals surface area contributed by atoms with Crippen LogP contribution >= 0.6 is 11.8 Å². The molecule has 1 heterocycles. The molecule has 0 atom stereocenters. The van der Waals surface area contributed by atoms with E-state index in [1.165, 1.54) is 17.8 Å². The highest BCUT2D eigenvalue weighted by atomic mass is 32.2. The first-order valence-corrected chi connectivity index (χ1v) is 10.3. The zero-order valence-corrected chi connectivity index (χ0v) is 17.0. The summed E-state index contributed by atoms with van der Waals surface area (Å²) in [6.45, 7) is 2.47. The molecule has 3 rings (SSSR count). The number of rotatable bonds is 7. The standard InChI is InChI=1S/C21H19F3N4OS/c1-2-10-28-18-12-15(21(22,23)24)7-8-17(18)27-20(28)30-11-9-19(29)26-16-6-4-3-5-14(16)13-25/h3-8,12H,2,9-11H2,1H3,(H,26,29). The Kier molecular flexibility index (Phi) is 6.67. The van der Waals surface area contributed by atoms with Crippen molar-refractivity contribution >= 4 is 34.4 Å². The Morgan fingerprint density at radius 2 is 2.03 bits per heavy atom. The molecule has 1 N–H and O–H groups in total. The fourth-order valence-corrected chi connectivity index (χ4v) is 3.94. The van der Waals surface area contributed by atoms with E-state index in [9.17, 15) is 18.0 Å². The molecule has 0 aliphatic rings. The van der Waals surface area contributed by atoms with Gasteiger partial charge >= 0.3 is 6.18 Å². The summed E-state index contributed by atoms with van der Waals surface area (Å²) < 4.78 is 41.0. The SMILES string of the molecule is CCCn1c(SCCC(=O)Nc2ccccc2C#N)nc2ccc(C(F)(F)F)cc21. The first kappa shape index (κ1) is 21.7. The molecule has 0 saturated heterocycles. The number of anilines is 1. The van der Waals surface area contributed by atoms with Crippen LogP contribution in [0.15, 0.2) is 47.6 Å². The van der Waals surface area contributed by atoms with E-state index in [0.29, 0.717) is 39.7 Å². The Balaban J connectivity index is 1.71. The largest absolute Gasteiger partial charge is 0.416 e. The lowest BCUT2D eigenvalue weighted by Crippen LogP contribution is -2.13.